The average molecular weight is 336 g/mol. The van der Waals surface area contributed by atoms with Crippen molar-refractivity contribution < 1.29 is 9.13 Å². The van der Waals surface area contributed by atoms with E-state index in [1.807, 2.05) is 6.07 Å². The van der Waals surface area contributed by atoms with Crippen LogP contribution in [0.4, 0.5) is 10.1 Å². The molecule has 0 saturated heterocycles. The third-order valence-electron chi connectivity index (χ3n) is 3.51. The van der Waals surface area contributed by atoms with Crippen LogP contribution in [0.3, 0.4) is 0 Å². The van der Waals surface area contributed by atoms with Crippen LogP contribution in [0.5, 0.6) is 5.75 Å². The summed E-state index contributed by atoms with van der Waals surface area (Å²) in [6.07, 6.45) is 0.899. The molecular weight excluding hydrogens is 321 g/mol. The molecule has 0 radical (unpaired) electrons. The van der Waals surface area contributed by atoms with Crippen LogP contribution in [0, 0.1) is 5.82 Å². The van der Waals surface area contributed by atoms with Gasteiger partial charge in [-0.3, -0.25) is 0 Å². The largest absolute Gasteiger partial charge is 0.482 e. The molecule has 2 nitrogen and oxygen atoms in total. The minimum absolute atomic E-state index is 0.105. The molecule has 2 aromatic rings. The highest BCUT2D eigenvalue weighted by atomic mass is 79.9. The van der Waals surface area contributed by atoms with Crippen LogP contribution >= 0.6 is 15.9 Å². The number of rotatable bonds is 2. The van der Waals surface area contributed by atoms with E-state index < -0.39 is 0 Å². The summed E-state index contributed by atoms with van der Waals surface area (Å²) in [6.45, 7) is 2.81. The molecule has 3 rings (SSSR count). The number of benzene rings is 2. The predicted molar refractivity (Wildman–Crippen MR) is 81.8 cm³/mol. The number of fused-ring (bicyclic) bond motifs is 1. The first-order valence-electron chi connectivity index (χ1n) is 6.65. The number of hydrogen-bond donors (Lipinski definition) is 1. The molecule has 0 fully saturated rings. The van der Waals surface area contributed by atoms with Crippen molar-refractivity contribution in [2.24, 2.45) is 0 Å². The van der Waals surface area contributed by atoms with Crippen LogP contribution in [-0.4, -0.2) is 6.54 Å². The maximum absolute atomic E-state index is 13.3. The monoisotopic (exact) mass is 335 g/mol. The zero-order valence-corrected chi connectivity index (χ0v) is 12.7. The molecule has 4 heteroatoms. The van der Waals surface area contributed by atoms with Gasteiger partial charge in [0, 0.05) is 0 Å². The van der Waals surface area contributed by atoms with Crippen molar-refractivity contribution in [2.75, 3.05) is 11.9 Å². The van der Waals surface area contributed by atoms with Crippen LogP contribution in [0.2, 0.25) is 0 Å². The molecule has 20 heavy (non-hydrogen) atoms. The number of nitrogens with one attached hydrogen (secondary N) is 1. The second kappa shape index (κ2) is 5.44. The van der Waals surface area contributed by atoms with Crippen LogP contribution in [0.15, 0.2) is 40.9 Å². The van der Waals surface area contributed by atoms with Gasteiger partial charge < -0.3 is 10.1 Å². The topological polar surface area (TPSA) is 21.3 Å². The molecule has 0 amide bonds. The number of anilines is 1. The quantitative estimate of drug-likeness (QED) is 0.859. The maximum Gasteiger partial charge on any atom is 0.143 e. The fourth-order valence-electron chi connectivity index (χ4n) is 2.33. The third kappa shape index (κ3) is 2.52. The SMILES string of the molecule is CCc1ccc2c(c1)NCC(c1ccc(F)c(Br)c1)O2. The van der Waals surface area contributed by atoms with Gasteiger partial charge in [0.15, 0.2) is 0 Å². The average Bonchev–Trinajstić information content (AvgIpc) is 2.49. The standard InChI is InChI=1S/C16H15BrFNO/c1-2-10-3-6-15-14(7-10)19-9-16(20-15)11-4-5-13(18)12(17)8-11/h3-8,16,19H,2,9H2,1H3. The van der Waals surface area contributed by atoms with Gasteiger partial charge in [-0.05, 0) is 57.7 Å². The lowest BCUT2D eigenvalue weighted by atomic mass is 10.1. The van der Waals surface area contributed by atoms with Gasteiger partial charge in [-0.25, -0.2) is 4.39 Å². The van der Waals surface area contributed by atoms with Crippen LogP contribution in [0.25, 0.3) is 0 Å². The van der Waals surface area contributed by atoms with E-state index in [1.54, 1.807) is 12.1 Å². The predicted octanol–water partition coefficient (Wildman–Crippen LogP) is 4.70. The summed E-state index contributed by atoms with van der Waals surface area (Å²) in [6, 6.07) is 11.2. The highest BCUT2D eigenvalue weighted by Crippen LogP contribution is 2.35. The molecule has 1 N–H and O–H groups in total. The van der Waals surface area contributed by atoms with E-state index in [0.717, 1.165) is 23.4 Å². The molecular formula is C16H15BrFNO. The Labute approximate surface area is 126 Å². The lowest BCUT2D eigenvalue weighted by Crippen LogP contribution is -2.23. The van der Waals surface area contributed by atoms with Gasteiger partial charge in [0.2, 0.25) is 0 Å². The Morgan fingerprint density at radius 2 is 2.15 bits per heavy atom. The number of ether oxygens (including phenoxy) is 1. The van der Waals surface area contributed by atoms with Crippen molar-refractivity contribution >= 4 is 21.6 Å². The molecule has 1 atom stereocenters. The van der Waals surface area contributed by atoms with Gasteiger partial charge in [-0.2, -0.15) is 0 Å². The molecule has 1 heterocycles. The van der Waals surface area contributed by atoms with Crippen molar-refractivity contribution in [1.29, 1.82) is 0 Å². The van der Waals surface area contributed by atoms with Crippen LogP contribution in [0.1, 0.15) is 24.2 Å². The van der Waals surface area contributed by atoms with Gasteiger partial charge in [0.25, 0.3) is 0 Å². The zero-order chi connectivity index (χ0) is 14.1. The molecule has 1 aliphatic heterocycles. The van der Waals surface area contributed by atoms with Gasteiger partial charge in [0.1, 0.15) is 17.7 Å². The second-order valence-electron chi connectivity index (χ2n) is 4.85. The zero-order valence-electron chi connectivity index (χ0n) is 11.1. The summed E-state index contributed by atoms with van der Waals surface area (Å²) in [7, 11) is 0. The Morgan fingerprint density at radius 1 is 1.30 bits per heavy atom. The minimum atomic E-state index is -0.259. The first kappa shape index (κ1) is 13.4. The number of halogens is 2. The van der Waals surface area contributed by atoms with Crippen molar-refractivity contribution in [1.82, 2.24) is 0 Å². The first-order chi connectivity index (χ1) is 9.67. The summed E-state index contributed by atoms with van der Waals surface area (Å²) < 4.78 is 19.8. The van der Waals surface area contributed by atoms with Crippen LogP contribution in [-0.2, 0) is 6.42 Å². The van der Waals surface area contributed by atoms with E-state index in [9.17, 15) is 4.39 Å². The third-order valence-corrected chi connectivity index (χ3v) is 4.12. The van der Waals surface area contributed by atoms with Crippen molar-refractivity contribution in [3.8, 4) is 5.75 Å². The fraction of sp³-hybridized carbons (Fsp3) is 0.250. The molecule has 0 saturated carbocycles. The second-order valence-corrected chi connectivity index (χ2v) is 5.70. The van der Waals surface area contributed by atoms with E-state index in [1.165, 1.54) is 11.6 Å². The summed E-state index contributed by atoms with van der Waals surface area (Å²) >= 11 is 3.21. The Kier molecular flexibility index (Phi) is 3.66. The molecule has 0 bridgehead atoms. The lowest BCUT2D eigenvalue weighted by Gasteiger charge is -2.28. The molecule has 1 aliphatic rings. The Bertz CT molecular complexity index is 644. The van der Waals surface area contributed by atoms with Crippen molar-refractivity contribution in [2.45, 2.75) is 19.4 Å². The van der Waals surface area contributed by atoms with Gasteiger partial charge >= 0.3 is 0 Å². The highest BCUT2D eigenvalue weighted by molar-refractivity contribution is 9.10. The molecule has 0 spiro atoms. The normalized spacial score (nSPS) is 17.1. The summed E-state index contributed by atoms with van der Waals surface area (Å²) in [5.41, 5.74) is 3.26. The molecule has 2 aromatic carbocycles. The molecule has 1 unspecified atom stereocenters. The van der Waals surface area contributed by atoms with Gasteiger partial charge in [0.05, 0.1) is 16.7 Å². The lowest BCUT2D eigenvalue weighted by molar-refractivity contribution is 0.210. The highest BCUT2D eigenvalue weighted by Gasteiger charge is 2.21. The first-order valence-corrected chi connectivity index (χ1v) is 7.45. The van der Waals surface area contributed by atoms with Crippen molar-refractivity contribution in [3.05, 3.63) is 57.8 Å². The fourth-order valence-corrected chi connectivity index (χ4v) is 2.73. The summed E-state index contributed by atoms with van der Waals surface area (Å²) in [5, 5.41) is 3.39. The molecule has 104 valence electrons. The van der Waals surface area contributed by atoms with Gasteiger partial charge in [-0.15, -0.1) is 0 Å². The Hall–Kier alpha value is -1.55. The Morgan fingerprint density at radius 3 is 2.90 bits per heavy atom. The Balaban J connectivity index is 1.86. The maximum atomic E-state index is 13.3. The summed E-state index contributed by atoms with van der Waals surface area (Å²) in [4.78, 5) is 0. The summed E-state index contributed by atoms with van der Waals surface area (Å²) in [5.74, 6) is 0.587. The molecule has 0 aromatic heterocycles. The smallest absolute Gasteiger partial charge is 0.143 e. The van der Waals surface area contributed by atoms with Crippen molar-refractivity contribution in [3.63, 3.8) is 0 Å². The van der Waals surface area contributed by atoms with E-state index >= 15 is 0 Å². The van der Waals surface area contributed by atoms with Crippen LogP contribution < -0.4 is 10.1 Å². The van der Waals surface area contributed by atoms with E-state index in [-0.39, 0.29) is 11.9 Å². The minimum Gasteiger partial charge on any atom is -0.482 e. The number of hydrogen-bond acceptors (Lipinski definition) is 2. The van der Waals surface area contributed by atoms with E-state index in [0.29, 0.717) is 11.0 Å². The number of aryl methyl sites for hydroxylation is 1. The van der Waals surface area contributed by atoms with E-state index in [2.05, 4.69) is 40.3 Å². The van der Waals surface area contributed by atoms with E-state index in [4.69, 9.17) is 4.74 Å². The van der Waals surface area contributed by atoms with Gasteiger partial charge in [-0.1, -0.05) is 19.1 Å². The molecule has 0 aliphatic carbocycles.